The Hall–Kier alpha value is -2.02. The number of nitro benzene ring substituents is 1. The third-order valence-electron chi connectivity index (χ3n) is 2.57. The van der Waals surface area contributed by atoms with Gasteiger partial charge in [-0.2, -0.15) is 0 Å². The molecule has 104 valence electrons. The van der Waals surface area contributed by atoms with Crippen molar-refractivity contribution in [1.29, 1.82) is 0 Å². The maximum absolute atomic E-state index is 13.6. The second-order valence-electron chi connectivity index (χ2n) is 4.29. The molecule has 1 aromatic rings. The lowest BCUT2D eigenvalue weighted by Gasteiger charge is -2.12. The summed E-state index contributed by atoms with van der Waals surface area (Å²) in [7, 11) is 1.80. The zero-order chi connectivity index (χ0) is 14.4. The third-order valence-corrected chi connectivity index (χ3v) is 2.57. The summed E-state index contributed by atoms with van der Waals surface area (Å²) in [5, 5.41) is 16.0. The molecule has 1 amide bonds. The lowest BCUT2D eigenvalue weighted by atomic mass is 10.1. The molecule has 0 aliphatic carbocycles. The van der Waals surface area contributed by atoms with Crippen LogP contribution in [0, 0.1) is 21.8 Å². The van der Waals surface area contributed by atoms with Crippen molar-refractivity contribution in [3.05, 3.63) is 39.7 Å². The molecule has 0 radical (unpaired) electrons. The lowest BCUT2D eigenvalue weighted by molar-refractivity contribution is -0.385. The first kappa shape index (κ1) is 15.0. The van der Waals surface area contributed by atoms with E-state index in [0.717, 1.165) is 24.7 Å². The SMILES string of the molecule is CNCC(C)CNC(=O)c1ccc([N+](=O)[O-])cc1F. The number of rotatable bonds is 6. The van der Waals surface area contributed by atoms with E-state index >= 15 is 0 Å². The highest BCUT2D eigenvalue weighted by Crippen LogP contribution is 2.16. The van der Waals surface area contributed by atoms with Gasteiger partial charge in [-0.3, -0.25) is 14.9 Å². The molecule has 7 heteroatoms. The number of non-ortho nitro benzene ring substituents is 1. The zero-order valence-electron chi connectivity index (χ0n) is 10.8. The van der Waals surface area contributed by atoms with Crippen LogP contribution in [0.2, 0.25) is 0 Å². The molecular formula is C12H16FN3O3. The van der Waals surface area contributed by atoms with Gasteiger partial charge in [0.2, 0.25) is 0 Å². The van der Waals surface area contributed by atoms with Crippen LogP contribution in [0.4, 0.5) is 10.1 Å². The minimum absolute atomic E-state index is 0.192. The summed E-state index contributed by atoms with van der Waals surface area (Å²) in [6, 6.07) is 2.96. The van der Waals surface area contributed by atoms with Crippen LogP contribution in [0.3, 0.4) is 0 Å². The number of amides is 1. The number of halogens is 1. The van der Waals surface area contributed by atoms with Crippen molar-refractivity contribution in [1.82, 2.24) is 10.6 Å². The molecule has 1 rings (SSSR count). The second-order valence-corrected chi connectivity index (χ2v) is 4.29. The quantitative estimate of drug-likeness (QED) is 0.602. The third kappa shape index (κ3) is 4.29. The van der Waals surface area contributed by atoms with Crippen molar-refractivity contribution in [2.45, 2.75) is 6.92 Å². The smallest absolute Gasteiger partial charge is 0.272 e. The number of nitrogens with one attached hydrogen (secondary N) is 2. The van der Waals surface area contributed by atoms with Gasteiger partial charge in [0.25, 0.3) is 11.6 Å². The minimum Gasteiger partial charge on any atom is -0.352 e. The Morgan fingerprint density at radius 1 is 1.47 bits per heavy atom. The van der Waals surface area contributed by atoms with Gasteiger partial charge in [-0.05, 0) is 25.6 Å². The number of hydrogen-bond donors (Lipinski definition) is 2. The van der Waals surface area contributed by atoms with E-state index in [1.165, 1.54) is 0 Å². The molecule has 1 atom stereocenters. The molecule has 2 N–H and O–H groups in total. The molecule has 0 spiro atoms. The van der Waals surface area contributed by atoms with Crippen LogP contribution in [0.15, 0.2) is 18.2 Å². The van der Waals surface area contributed by atoms with Crippen LogP contribution in [-0.2, 0) is 0 Å². The fourth-order valence-corrected chi connectivity index (χ4v) is 1.58. The Balaban J connectivity index is 2.70. The summed E-state index contributed by atoms with van der Waals surface area (Å²) in [6.07, 6.45) is 0. The molecule has 1 unspecified atom stereocenters. The topological polar surface area (TPSA) is 84.3 Å². The standard InChI is InChI=1S/C12H16FN3O3/c1-8(6-14-2)7-15-12(17)10-4-3-9(16(18)19)5-11(10)13/h3-5,8,14H,6-7H2,1-2H3,(H,15,17). The maximum Gasteiger partial charge on any atom is 0.272 e. The van der Waals surface area contributed by atoms with E-state index in [9.17, 15) is 19.3 Å². The highest BCUT2D eigenvalue weighted by molar-refractivity contribution is 5.94. The molecule has 1 aromatic carbocycles. The molecular weight excluding hydrogens is 253 g/mol. The highest BCUT2D eigenvalue weighted by atomic mass is 19.1. The normalized spacial score (nSPS) is 11.9. The Morgan fingerprint density at radius 2 is 2.16 bits per heavy atom. The van der Waals surface area contributed by atoms with Crippen molar-refractivity contribution in [2.24, 2.45) is 5.92 Å². The molecule has 0 heterocycles. The summed E-state index contributed by atoms with van der Waals surface area (Å²) in [5.41, 5.74) is -0.570. The van der Waals surface area contributed by atoms with E-state index in [0.29, 0.717) is 6.54 Å². The van der Waals surface area contributed by atoms with Crippen molar-refractivity contribution in [3.63, 3.8) is 0 Å². The predicted molar refractivity (Wildman–Crippen MR) is 68.5 cm³/mol. The van der Waals surface area contributed by atoms with E-state index in [4.69, 9.17) is 0 Å². The molecule has 0 saturated carbocycles. The van der Waals surface area contributed by atoms with E-state index in [1.54, 1.807) is 7.05 Å². The lowest BCUT2D eigenvalue weighted by Crippen LogP contribution is -2.32. The fourth-order valence-electron chi connectivity index (χ4n) is 1.58. The molecule has 0 aliphatic heterocycles. The summed E-state index contributed by atoms with van der Waals surface area (Å²) in [4.78, 5) is 21.5. The summed E-state index contributed by atoms with van der Waals surface area (Å²) in [6.45, 7) is 3.06. The highest BCUT2D eigenvalue weighted by Gasteiger charge is 2.16. The van der Waals surface area contributed by atoms with Crippen LogP contribution < -0.4 is 10.6 Å². The molecule has 0 aliphatic rings. The van der Waals surface area contributed by atoms with Crippen LogP contribution >= 0.6 is 0 Å². The predicted octanol–water partition coefficient (Wildman–Crippen LogP) is 1.32. The van der Waals surface area contributed by atoms with Gasteiger partial charge in [0.1, 0.15) is 5.82 Å². The Morgan fingerprint density at radius 3 is 2.68 bits per heavy atom. The molecule has 0 aromatic heterocycles. The van der Waals surface area contributed by atoms with Gasteiger partial charge in [0.15, 0.2) is 0 Å². The maximum atomic E-state index is 13.6. The van der Waals surface area contributed by atoms with Gasteiger partial charge in [-0.1, -0.05) is 6.92 Å². The summed E-state index contributed by atoms with van der Waals surface area (Å²) in [5.74, 6) is -1.27. The second kappa shape index (κ2) is 6.79. The first-order valence-corrected chi connectivity index (χ1v) is 5.82. The first-order chi connectivity index (χ1) is 8.95. The number of hydrogen-bond acceptors (Lipinski definition) is 4. The number of carbonyl (C=O) groups is 1. The van der Waals surface area contributed by atoms with E-state index < -0.39 is 16.6 Å². The van der Waals surface area contributed by atoms with Gasteiger partial charge in [-0.15, -0.1) is 0 Å². The summed E-state index contributed by atoms with van der Waals surface area (Å²) < 4.78 is 13.6. The van der Waals surface area contributed by atoms with Crippen LogP contribution in [0.5, 0.6) is 0 Å². The average molecular weight is 269 g/mol. The van der Waals surface area contributed by atoms with Crippen LogP contribution in [0.1, 0.15) is 17.3 Å². The largest absolute Gasteiger partial charge is 0.352 e. The van der Waals surface area contributed by atoms with Gasteiger partial charge in [-0.25, -0.2) is 4.39 Å². The number of nitro groups is 1. The van der Waals surface area contributed by atoms with Crippen molar-refractivity contribution in [3.8, 4) is 0 Å². The Kier molecular flexibility index (Phi) is 5.37. The Bertz CT molecular complexity index is 479. The van der Waals surface area contributed by atoms with Crippen molar-refractivity contribution >= 4 is 11.6 Å². The summed E-state index contributed by atoms with van der Waals surface area (Å²) >= 11 is 0. The molecule has 0 bridgehead atoms. The zero-order valence-corrected chi connectivity index (χ0v) is 10.8. The number of benzene rings is 1. The van der Waals surface area contributed by atoms with Gasteiger partial charge in [0, 0.05) is 12.6 Å². The van der Waals surface area contributed by atoms with Crippen molar-refractivity contribution in [2.75, 3.05) is 20.1 Å². The molecule has 0 fully saturated rings. The molecule has 19 heavy (non-hydrogen) atoms. The Labute approximate surface area is 110 Å². The van der Waals surface area contributed by atoms with E-state index in [-0.39, 0.29) is 17.2 Å². The van der Waals surface area contributed by atoms with Crippen LogP contribution in [0.25, 0.3) is 0 Å². The average Bonchev–Trinajstić information content (AvgIpc) is 2.36. The fraction of sp³-hybridized carbons (Fsp3) is 0.417. The number of nitrogens with zero attached hydrogens (tertiary/aromatic N) is 1. The van der Waals surface area contributed by atoms with E-state index in [2.05, 4.69) is 10.6 Å². The van der Waals surface area contributed by atoms with Gasteiger partial charge >= 0.3 is 0 Å². The van der Waals surface area contributed by atoms with Crippen LogP contribution in [-0.4, -0.2) is 31.0 Å². The molecule has 0 saturated heterocycles. The van der Waals surface area contributed by atoms with E-state index in [1.807, 2.05) is 6.92 Å². The van der Waals surface area contributed by atoms with Gasteiger partial charge < -0.3 is 10.6 Å². The van der Waals surface area contributed by atoms with Crippen molar-refractivity contribution < 1.29 is 14.1 Å². The van der Waals surface area contributed by atoms with Gasteiger partial charge in [0.05, 0.1) is 16.6 Å². The number of carbonyl (C=O) groups excluding carboxylic acids is 1. The minimum atomic E-state index is -0.895. The first-order valence-electron chi connectivity index (χ1n) is 5.82. The monoisotopic (exact) mass is 269 g/mol. The molecule has 6 nitrogen and oxygen atoms in total.